The van der Waals surface area contributed by atoms with Gasteiger partial charge in [0.1, 0.15) is 17.6 Å². The first-order chi connectivity index (χ1) is 34.0. The van der Waals surface area contributed by atoms with Gasteiger partial charge in [-0.05, 0) is 147 Å². The van der Waals surface area contributed by atoms with Gasteiger partial charge < -0.3 is 19.0 Å². The van der Waals surface area contributed by atoms with Crippen LogP contribution in [0.3, 0.4) is 0 Å². The van der Waals surface area contributed by atoms with Crippen LogP contribution in [-0.4, -0.2) is 46.0 Å². The molecule has 2 aromatic carbocycles. The van der Waals surface area contributed by atoms with Crippen LogP contribution in [0.1, 0.15) is 214 Å². The molecule has 8 nitrogen and oxygen atoms in total. The number of phenols is 1. The van der Waals surface area contributed by atoms with E-state index < -0.39 is 0 Å². The zero-order valence-corrected chi connectivity index (χ0v) is 45.2. The van der Waals surface area contributed by atoms with Crippen LogP contribution in [0.2, 0.25) is 0 Å². The Bertz CT molecular complexity index is 2110. The van der Waals surface area contributed by atoms with E-state index in [1.165, 1.54) is 116 Å². The van der Waals surface area contributed by atoms with Crippen molar-refractivity contribution in [2.75, 3.05) is 12.4 Å². The maximum Gasteiger partial charge on any atom is 0.306 e. The van der Waals surface area contributed by atoms with Crippen LogP contribution >= 0.6 is 11.8 Å². The molecule has 3 fully saturated rings. The quantitative estimate of drug-likeness (QED) is 0.0241. The first kappa shape index (κ1) is 54.2. The second-order valence-electron chi connectivity index (χ2n) is 23.1. The molecule has 1 heterocycles. The number of allylic oxidation sites excluding steroid dienone is 1. The van der Waals surface area contributed by atoms with E-state index in [9.17, 15) is 9.90 Å². The fourth-order valence-corrected chi connectivity index (χ4v) is 14.4. The molecule has 1 aromatic heterocycles. The van der Waals surface area contributed by atoms with Crippen LogP contribution in [-0.2, 0) is 9.53 Å². The summed E-state index contributed by atoms with van der Waals surface area (Å²) in [5.41, 5.74) is 4.67. The normalized spacial score (nSPS) is 25.6. The molecule has 0 bridgehead atoms. The zero-order valence-electron chi connectivity index (χ0n) is 44.4. The van der Waals surface area contributed by atoms with Crippen molar-refractivity contribution in [3.05, 3.63) is 59.7 Å². The van der Waals surface area contributed by atoms with Crippen molar-refractivity contribution in [1.82, 2.24) is 10.2 Å². The smallest absolute Gasteiger partial charge is 0.306 e. The van der Waals surface area contributed by atoms with Crippen molar-refractivity contribution in [2.45, 2.75) is 220 Å². The summed E-state index contributed by atoms with van der Waals surface area (Å²) in [6.07, 6.45) is 35.7. The Morgan fingerprint density at radius 2 is 1.59 bits per heavy atom. The number of carbonyl (C=O) groups excluding carboxylic acids is 1. The molecule has 3 aromatic rings. The molecule has 0 aliphatic heterocycles. The van der Waals surface area contributed by atoms with Gasteiger partial charge in [0.15, 0.2) is 0 Å². The van der Waals surface area contributed by atoms with Gasteiger partial charge >= 0.3 is 5.97 Å². The summed E-state index contributed by atoms with van der Waals surface area (Å²) in [7, 11) is 0. The largest absolute Gasteiger partial charge is 0.507 e. The number of ether oxygens (including phenoxy) is 2. The fourth-order valence-electron chi connectivity index (χ4n) is 13.6. The number of aliphatic imine (C=N–C) groups is 1. The maximum atomic E-state index is 13.0. The van der Waals surface area contributed by atoms with E-state index in [0.717, 1.165) is 97.5 Å². The highest BCUT2D eigenvalue weighted by atomic mass is 32.2. The minimum Gasteiger partial charge on any atom is -0.507 e. The number of fused-ring (bicyclic) bond motifs is 5. The molecule has 4 aliphatic rings. The number of thioether (sulfide) groups is 1. The minimum atomic E-state index is 0.0115. The lowest BCUT2D eigenvalue weighted by atomic mass is 9.47. The van der Waals surface area contributed by atoms with Crippen LogP contribution in [0.5, 0.6) is 11.5 Å². The summed E-state index contributed by atoms with van der Waals surface area (Å²) in [6, 6.07) is 13.0. The molecule has 3 saturated carbocycles. The lowest BCUT2D eigenvalue weighted by Crippen LogP contribution is -2.51. The first-order valence-electron chi connectivity index (χ1n) is 28.4. The van der Waals surface area contributed by atoms with Gasteiger partial charge in [-0.15, -0.1) is 10.2 Å². The van der Waals surface area contributed by atoms with Crippen LogP contribution in [0.4, 0.5) is 5.69 Å². The average molecular weight is 978 g/mol. The van der Waals surface area contributed by atoms with Crippen molar-refractivity contribution in [3.8, 4) is 23.0 Å². The Morgan fingerprint density at radius 1 is 0.843 bits per heavy atom. The Hall–Kier alpha value is -3.59. The molecule has 386 valence electrons. The third kappa shape index (κ3) is 14.8. The number of carbonyl (C=O) groups is 1. The summed E-state index contributed by atoms with van der Waals surface area (Å²) in [5, 5.41) is 19.7. The zero-order chi connectivity index (χ0) is 49.4. The van der Waals surface area contributed by atoms with Crippen LogP contribution in [0.25, 0.3) is 11.5 Å². The summed E-state index contributed by atoms with van der Waals surface area (Å²) < 4.78 is 18.0. The van der Waals surface area contributed by atoms with E-state index in [0.29, 0.717) is 46.3 Å². The molecule has 0 saturated heterocycles. The highest BCUT2D eigenvalue weighted by Crippen LogP contribution is 2.67. The predicted octanol–water partition coefficient (Wildman–Crippen LogP) is 17.5. The highest BCUT2D eigenvalue weighted by molar-refractivity contribution is 7.99. The van der Waals surface area contributed by atoms with E-state index >= 15 is 0 Å². The monoisotopic (exact) mass is 978 g/mol. The van der Waals surface area contributed by atoms with E-state index in [-0.39, 0.29) is 17.8 Å². The number of aromatic nitrogens is 2. The van der Waals surface area contributed by atoms with E-state index in [1.54, 1.807) is 29.6 Å². The number of hydrogen-bond acceptors (Lipinski definition) is 9. The lowest BCUT2D eigenvalue weighted by molar-refractivity contribution is -0.151. The fraction of sp³-hybridized carbons (Fsp3) is 0.705. The second-order valence-corrected chi connectivity index (χ2v) is 24.1. The molecule has 70 heavy (non-hydrogen) atoms. The topological polar surface area (TPSA) is 107 Å². The van der Waals surface area contributed by atoms with Gasteiger partial charge in [0, 0.05) is 42.0 Å². The van der Waals surface area contributed by atoms with Crippen LogP contribution in [0.15, 0.2) is 68.7 Å². The number of benzene rings is 2. The van der Waals surface area contributed by atoms with Crippen molar-refractivity contribution in [3.63, 3.8) is 0 Å². The molecule has 4 aliphatic carbocycles. The summed E-state index contributed by atoms with van der Waals surface area (Å²) >= 11 is 1.62. The van der Waals surface area contributed by atoms with Gasteiger partial charge in [-0.25, -0.2) is 0 Å². The molecule has 8 atom stereocenters. The molecule has 9 heteroatoms. The Balaban J connectivity index is 0.711. The molecular weight excluding hydrogens is 887 g/mol. The first-order valence-corrected chi connectivity index (χ1v) is 29.4. The molecular formula is C61H91N3O5S. The lowest BCUT2D eigenvalue weighted by Gasteiger charge is -2.58. The van der Waals surface area contributed by atoms with E-state index in [4.69, 9.17) is 13.9 Å². The molecule has 0 amide bonds. The number of esters is 1. The third-order valence-corrected chi connectivity index (χ3v) is 18.6. The second kappa shape index (κ2) is 26.9. The molecule has 1 N–H and O–H groups in total. The van der Waals surface area contributed by atoms with Crippen LogP contribution in [0, 0.1) is 46.3 Å². The highest BCUT2D eigenvalue weighted by Gasteiger charge is 2.59. The number of phenolic OH excluding ortho intramolecular Hbond substituents is 1. The van der Waals surface area contributed by atoms with Gasteiger partial charge in [0.05, 0.1) is 12.3 Å². The van der Waals surface area contributed by atoms with Gasteiger partial charge in [0.2, 0.25) is 5.89 Å². The summed E-state index contributed by atoms with van der Waals surface area (Å²) in [4.78, 5) is 17.6. The minimum absolute atomic E-state index is 0.0115. The van der Waals surface area contributed by atoms with Gasteiger partial charge in [-0.3, -0.25) is 9.79 Å². The summed E-state index contributed by atoms with van der Waals surface area (Å²) in [6.45, 7) is 15.5. The standard InChI is InChI=1S/C61H91N3O5S/c1-7-8-9-10-17-20-40-70-59-64-63-58(69-59)46-25-29-49(30-26-46)62-43-47-27-31-50(42-56(47)65)67-39-19-16-14-12-11-13-15-18-24-57(66)68-51-35-37-60(5)48(41-51)28-32-52-54-34-33-53(45(4)23-21-22-44(2)3)61(54,6)38-36-55(52)60/h25-31,42-45,51-55,65H,7-24,32-41H2,1-6H3/t45-,51?,52+,53-,54+,55+,60+,61-/m1/s1. The molecule has 0 radical (unpaired) electrons. The number of nitrogens with zero attached hydrogens (tertiary/aromatic N) is 3. The average Bonchev–Trinajstić information content (AvgIpc) is 3.97. The molecule has 1 unspecified atom stereocenters. The van der Waals surface area contributed by atoms with Gasteiger partial charge in [-0.2, -0.15) is 0 Å². The molecule has 0 spiro atoms. The Labute approximate surface area is 427 Å². The van der Waals surface area contributed by atoms with E-state index in [1.807, 2.05) is 36.4 Å². The number of aromatic hydroxyl groups is 1. The van der Waals surface area contributed by atoms with Crippen molar-refractivity contribution >= 4 is 29.6 Å². The SMILES string of the molecule is CCCCCCCCSc1nnc(-c2ccc(N=Cc3ccc(OCCCCCCCCCCC(=O)OC4CC[C@@]5(C)C(=CC[C@H]6[C@@H]7CC[C@H]([C@H](C)CCCC(C)C)[C@@]7(C)CC[C@@H]65)C4)cc3O)cc2)o1. The third-order valence-electron chi connectivity index (χ3n) is 17.7. The summed E-state index contributed by atoms with van der Waals surface area (Å²) in [5.74, 6) is 7.41. The van der Waals surface area contributed by atoms with Crippen LogP contribution < -0.4 is 4.74 Å². The molecule has 7 rings (SSSR count). The number of unbranched alkanes of at least 4 members (excludes halogenated alkanes) is 12. The maximum absolute atomic E-state index is 13.0. The predicted molar refractivity (Wildman–Crippen MR) is 289 cm³/mol. The Kier molecular flexibility index (Phi) is 20.8. The number of hydrogen-bond donors (Lipinski definition) is 1. The van der Waals surface area contributed by atoms with Crippen molar-refractivity contribution in [1.29, 1.82) is 0 Å². The Morgan fingerprint density at radius 3 is 2.34 bits per heavy atom. The van der Waals surface area contributed by atoms with Gasteiger partial charge in [-0.1, -0.05) is 155 Å². The van der Waals surface area contributed by atoms with E-state index in [2.05, 4.69) is 62.8 Å². The van der Waals surface area contributed by atoms with Crippen molar-refractivity contribution < 1.29 is 23.8 Å². The van der Waals surface area contributed by atoms with Crippen molar-refractivity contribution in [2.24, 2.45) is 51.3 Å². The van der Waals surface area contributed by atoms with Gasteiger partial charge in [0.25, 0.3) is 5.22 Å². The number of rotatable bonds is 29.